The topological polar surface area (TPSA) is 95.3 Å². The predicted octanol–water partition coefficient (Wildman–Crippen LogP) is 3.61. The lowest BCUT2D eigenvalue weighted by molar-refractivity contribution is -0.141. The summed E-state index contributed by atoms with van der Waals surface area (Å²) in [4.78, 5) is 33.1. The van der Waals surface area contributed by atoms with Gasteiger partial charge in [0.2, 0.25) is 0 Å². The highest BCUT2D eigenvalue weighted by molar-refractivity contribution is 6.09. The van der Waals surface area contributed by atoms with Crippen molar-refractivity contribution in [2.45, 2.75) is 19.0 Å². The van der Waals surface area contributed by atoms with E-state index in [4.69, 9.17) is 9.47 Å². The van der Waals surface area contributed by atoms with E-state index in [-0.39, 0.29) is 11.3 Å². The van der Waals surface area contributed by atoms with E-state index in [0.717, 1.165) is 30.4 Å². The monoisotopic (exact) mass is 462 g/mol. The minimum atomic E-state index is -4.69. The minimum absolute atomic E-state index is 0.0270. The first-order chi connectivity index (χ1) is 15.7. The second-order valence-corrected chi connectivity index (χ2v) is 7.76. The van der Waals surface area contributed by atoms with E-state index in [1.165, 1.54) is 13.2 Å². The summed E-state index contributed by atoms with van der Waals surface area (Å²) in [5.74, 6) is -0.484. The zero-order valence-electron chi connectivity index (χ0n) is 17.9. The predicted molar refractivity (Wildman–Crippen MR) is 112 cm³/mol. The van der Waals surface area contributed by atoms with Crippen LogP contribution in [0.5, 0.6) is 0 Å². The van der Waals surface area contributed by atoms with E-state index < -0.39 is 29.4 Å². The molecule has 1 aliphatic heterocycles. The van der Waals surface area contributed by atoms with Gasteiger partial charge in [-0.1, -0.05) is 6.07 Å². The number of esters is 1. The van der Waals surface area contributed by atoms with Crippen molar-refractivity contribution in [2.75, 3.05) is 25.6 Å². The highest BCUT2D eigenvalue weighted by Crippen LogP contribution is 2.29. The van der Waals surface area contributed by atoms with E-state index in [2.05, 4.69) is 15.3 Å². The molecule has 1 aromatic carbocycles. The molecular weight excluding hydrogens is 441 g/mol. The van der Waals surface area contributed by atoms with E-state index in [9.17, 15) is 22.8 Å². The van der Waals surface area contributed by atoms with Crippen LogP contribution in [-0.2, 0) is 29.1 Å². The number of benzene rings is 1. The number of rotatable bonds is 5. The zero-order chi connectivity index (χ0) is 23.8. The standard InChI is InChI=1S/C22H21F3N4O4/c1-29-17-10-15(28-20(30)14-4-3-5-18(26-14)22(23,24)25)13(21(31)32-2)9-16(17)27-19(29)8-12-6-7-33-11-12/h3-5,9-10,12H,6-8,11H2,1-2H3,(H,28,30). The van der Waals surface area contributed by atoms with E-state index in [0.29, 0.717) is 36.6 Å². The Balaban J connectivity index is 1.70. The van der Waals surface area contributed by atoms with Gasteiger partial charge in [-0.3, -0.25) is 4.79 Å². The van der Waals surface area contributed by atoms with Crippen LogP contribution in [0.15, 0.2) is 30.3 Å². The summed E-state index contributed by atoms with van der Waals surface area (Å²) in [6.07, 6.45) is -3.07. The Labute approximate surface area is 186 Å². The molecule has 1 N–H and O–H groups in total. The smallest absolute Gasteiger partial charge is 0.433 e. The number of methoxy groups -OCH3 is 1. The number of imidazole rings is 1. The summed E-state index contributed by atoms with van der Waals surface area (Å²) in [5.41, 5.74) is -0.346. The van der Waals surface area contributed by atoms with Gasteiger partial charge in [-0.25, -0.2) is 14.8 Å². The van der Waals surface area contributed by atoms with Crippen LogP contribution in [0.3, 0.4) is 0 Å². The molecule has 3 aromatic rings. The van der Waals surface area contributed by atoms with Crippen LogP contribution in [0, 0.1) is 5.92 Å². The maximum absolute atomic E-state index is 13.0. The lowest BCUT2D eigenvalue weighted by Crippen LogP contribution is -2.19. The summed E-state index contributed by atoms with van der Waals surface area (Å²) in [6.45, 7) is 1.36. The molecule has 11 heteroatoms. The largest absolute Gasteiger partial charge is 0.465 e. The van der Waals surface area contributed by atoms with Crippen molar-refractivity contribution in [3.05, 3.63) is 53.1 Å². The number of ether oxygens (including phenoxy) is 2. The van der Waals surface area contributed by atoms with Gasteiger partial charge in [0.1, 0.15) is 17.2 Å². The molecule has 0 radical (unpaired) electrons. The number of halogens is 3. The van der Waals surface area contributed by atoms with Crippen LogP contribution in [0.1, 0.15) is 38.8 Å². The summed E-state index contributed by atoms with van der Waals surface area (Å²) in [5, 5.41) is 2.49. The normalized spacial score (nSPS) is 16.2. The van der Waals surface area contributed by atoms with Gasteiger partial charge in [-0.2, -0.15) is 13.2 Å². The average Bonchev–Trinajstić information content (AvgIpc) is 3.40. The molecule has 1 saturated heterocycles. The van der Waals surface area contributed by atoms with Crippen molar-refractivity contribution in [1.29, 1.82) is 0 Å². The second kappa shape index (κ2) is 8.81. The fraction of sp³-hybridized carbons (Fsp3) is 0.364. The maximum Gasteiger partial charge on any atom is 0.433 e. The Morgan fingerprint density at radius 3 is 2.73 bits per heavy atom. The molecule has 1 amide bonds. The zero-order valence-corrected chi connectivity index (χ0v) is 17.9. The molecule has 0 bridgehead atoms. The minimum Gasteiger partial charge on any atom is -0.465 e. The van der Waals surface area contributed by atoms with Crippen molar-refractivity contribution in [1.82, 2.24) is 14.5 Å². The van der Waals surface area contributed by atoms with Crippen molar-refractivity contribution in [3.63, 3.8) is 0 Å². The summed E-state index contributed by atoms with van der Waals surface area (Å²) >= 11 is 0. The average molecular weight is 462 g/mol. The Hall–Kier alpha value is -3.47. The first-order valence-electron chi connectivity index (χ1n) is 10.2. The number of nitrogens with zero attached hydrogens (tertiary/aromatic N) is 3. The quantitative estimate of drug-likeness (QED) is 0.582. The van der Waals surface area contributed by atoms with E-state index in [1.54, 1.807) is 6.07 Å². The summed E-state index contributed by atoms with van der Waals surface area (Å²) < 4.78 is 51.0. The van der Waals surface area contributed by atoms with Gasteiger partial charge in [0.15, 0.2) is 0 Å². The highest BCUT2D eigenvalue weighted by atomic mass is 19.4. The van der Waals surface area contributed by atoms with Crippen LogP contribution in [0.4, 0.5) is 18.9 Å². The Bertz CT molecular complexity index is 1220. The molecular formula is C22H21F3N4O4. The van der Waals surface area contributed by atoms with Crippen LogP contribution in [-0.4, -0.2) is 46.7 Å². The van der Waals surface area contributed by atoms with Gasteiger partial charge in [-0.05, 0) is 36.6 Å². The molecule has 0 saturated carbocycles. The molecule has 3 heterocycles. The number of aromatic nitrogens is 3. The molecule has 8 nitrogen and oxygen atoms in total. The van der Waals surface area contributed by atoms with Gasteiger partial charge >= 0.3 is 12.1 Å². The van der Waals surface area contributed by atoms with Crippen LogP contribution in [0.25, 0.3) is 11.0 Å². The molecule has 2 aromatic heterocycles. The first kappa shape index (κ1) is 22.7. The van der Waals surface area contributed by atoms with Crippen molar-refractivity contribution in [2.24, 2.45) is 13.0 Å². The van der Waals surface area contributed by atoms with Crippen LogP contribution in [0.2, 0.25) is 0 Å². The number of carbonyl (C=O) groups is 2. The number of carbonyl (C=O) groups excluding carboxylic acids is 2. The molecule has 4 rings (SSSR count). The molecule has 33 heavy (non-hydrogen) atoms. The first-order valence-corrected chi connectivity index (χ1v) is 10.2. The molecule has 1 fully saturated rings. The Morgan fingerprint density at radius 2 is 2.06 bits per heavy atom. The van der Waals surface area contributed by atoms with Gasteiger partial charge in [0.05, 0.1) is 29.4 Å². The maximum atomic E-state index is 13.0. The third kappa shape index (κ3) is 4.68. The van der Waals surface area contributed by atoms with Crippen molar-refractivity contribution >= 4 is 28.6 Å². The number of fused-ring (bicyclic) bond motifs is 1. The van der Waals surface area contributed by atoms with E-state index in [1.807, 2.05) is 11.6 Å². The number of nitrogens with one attached hydrogen (secondary N) is 1. The van der Waals surface area contributed by atoms with Crippen LogP contribution >= 0.6 is 0 Å². The van der Waals surface area contributed by atoms with Crippen molar-refractivity contribution < 1.29 is 32.2 Å². The summed E-state index contributed by atoms with van der Waals surface area (Å²) in [7, 11) is 3.01. The number of hydrogen-bond donors (Lipinski definition) is 1. The highest BCUT2D eigenvalue weighted by Gasteiger charge is 2.33. The van der Waals surface area contributed by atoms with Crippen LogP contribution < -0.4 is 5.32 Å². The second-order valence-electron chi connectivity index (χ2n) is 7.76. The lowest BCUT2D eigenvalue weighted by Gasteiger charge is -2.12. The fourth-order valence-corrected chi connectivity index (χ4v) is 3.76. The Morgan fingerprint density at radius 1 is 1.27 bits per heavy atom. The number of amides is 1. The molecule has 174 valence electrons. The number of aryl methyl sites for hydroxylation is 1. The molecule has 1 atom stereocenters. The van der Waals surface area contributed by atoms with Crippen molar-refractivity contribution in [3.8, 4) is 0 Å². The fourth-order valence-electron chi connectivity index (χ4n) is 3.76. The third-order valence-corrected chi connectivity index (χ3v) is 5.53. The summed E-state index contributed by atoms with van der Waals surface area (Å²) in [6, 6.07) is 6.07. The number of hydrogen-bond acceptors (Lipinski definition) is 6. The van der Waals surface area contributed by atoms with Gasteiger partial charge in [-0.15, -0.1) is 0 Å². The van der Waals surface area contributed by atoms with Gasteiger partial charge in [0.25, 0.3) is 5.91 Å². The number of pyridine rings is 1. The third-order valence-electron chi connectivity index (χ3n) is 5.53. The Kier molecular flexibility index (Phi) is 6.07. The molecule has 0 spiro atoms. The van der Waals surface area contributed by atoms with Gasteiger partial charge in [0, 0.05) is 26.7 Å². The van der Waals surface area contributed by atoms with E-state index >= 15 is 0 Å². The molecule has 1 unspecified atom stereocenters. The SMILES string of the molecule is COC(=O)c1cc2nc(CC3CCOC3)n(C)c2cc1NC(=O)c1cccc(C(F)(F)F)n1. The molecule has 1 aliphatic rings. The number of alkyl halides is 3. The molecule has 0 aliphatic carbocycles. The van der Waals surface area contributed by atoms with Gasteiger partial charge < -0.3 is 19.4 Å². The lowest BCUT2D eigenvalue weighted by atomic mass is 10.1. The number of anilines is 1.